The van der Waals surface area contributed by atoms with Crippen LogP contribution in [0.15, 0.2) is 47.5 Å². The van der Waals surface area contributed by atoms with Gasteiger partial charge in [0.2, 0.25) is 0 Å². The smallest absolute Gasteiger partial charge is 0.326 e. The maximum atomic E-state index is 12.6. The Morgan fingerprint density at radius 1 is 1.24 bits per heavy atom. The van der Waals surface area contributed by atoms with Gasteiger partial charge in [-0.05, 0) is 18.6 Å². The zero-order valence-corrected chi connectivity index (χ0v) is 14.6. The summed E-state index contributed by atoms with van der Waals surface area (Å²) in [5.41, 5.74) is 0.789. The van der Waals surface area contributed by atoms with Gasteiger partial charge in [0.05, 0.1) is 18.3 Å². The predicted octanol–water partition coefficient (Wildman–Crippen LogP) is 2.70. The van der Waals surface area contributed by atoms with Crippen LogP contribution in [-0.2, 0) is 20.8 Å². The summed E-state index contributed by atoms with van der Waals surface area (Å²) < 4.78 is 11.4. The number of carbonyl (C=O) groups excluding carboxylic acids is 1. The number of ether oxygens (including phenoxy) is 2. The molecule has 0 saturated carbocycles. The monoisotopic (exact) mass is 358 g/mol. The van der Waals surface area contributed by atoms with Crippen LogP contribution in [0.2, 0.25) is 0 Å². The van der Waals surface area contributed by atoms with Crippen LogP contribution in [-0.4, -0.2) is 35.3 Å². The van der Waals surface area contributed by atoms with E-state index in [0.29, 0.717) is 23.4 Å². The molecular weight excluding hydrogens is 340 g/mol. The first-order valence-corrected chi connectivity index (χ1v) is 8.78. The summed E-state index contributed by atoms with van der Waals surface area (Å²) in [5, 5.41) is 0.508. The Labute approximate surface area is 148 Å². The molecule has 1 aromatic carbocycles. The molecular formula is C18H18N2O4S. The second kappa shape index (κ2) is 8.04. The van der Waals surface area contributed by atoms with Crippen molar-refractivity contribution in [1.82, 2.24) is 9.55 Å². The third kappa shape index (κ3) is 4.12. The van der Waals surface area contributed by atoms with Crippen LogP contribution in [0, 0.1) is 0 Å². The first-order chi connectivity index (χ1) is 12.2. The highest BCUT2D eigenvalue weighted by Crippen LogP contribution is 2.30. The Kier molecular flexibility index (Phi) is 5.57. The van der Waals surface area contributed by atoms with Gasteiger partial charge in [0.15, 0.2) is 0 Å². The Bertz CT molecular complexity index is 918. The summed E-state index contributed by atoms with van der Waals surface area (Å²) >= 11 is 1.45. The number of esters is 1. The van der Waals surface area contributed by atoms with Crippen molar-refractivity contribution in [3.8, 4) is 10.4 Å². The van der Waals surface area contributed by atoms with Crippen molar-refractivity contribution in [3.05, 3.63) is 53.1 Å². The van der Waals surface area contributed by atoms with Crippen LogP contribution < -0.4 is 5.56 Å². The molecule has 0 radical (unpaired) electrons. The Hall–Kier alpha value is -2.51. The van der Waals surface area contributed by atoms with Gasteiger partial charge in [-0.15, -0.1) is 11.3 Å². The minimum atomic E-state index is -0.485. The summed E-state index contributed by atoms with van der Waals surface area (Å²) in [6, 6.07) is 11.6. The summed E-state index contributed by atoms with van der Waals surface area (Å²) in [4.78, 5) is 30.3. The van der Waals surface area contributed by atoms with E-state index in [0.717, 1.165) is 10.4 Å². The number of carbonyl (C=O) groups is 1. The molecule has 0 atom stereocenters. The zero-order chi connectivity index (χ0) is 17.6. The van der Waals surface area contributed by atoms with Crippen LogP contribution in [0.1, 0.15) is 6.92 Å². The van der Waals surface area contributed by atoms with E-state index >= 15 is 0 Å². The summed E-state index contributed by atoms with van der Waals surface area (Å²) in [5.74, 6) is -0.485. The average Bonchev–Trinajstić information content (AvgIpc) is 3.07. The Balaban J connectivity index is 1.78. The number of hydrogen-bond acceptors (Lipinski definition) is 6. The maximum absolute atomic E-state index is 12.6. The molecule has 0 aliphatic heterocycles. The summed E-state index contributed by atoms with van der Waals surface area (Å²) in [7, 11) is 0. The lowest BCUT2D eigenvalue weighted by atomic mass is 10.2. The van der Waals surface area contributed by atoms with E-state index in [4.69, 9.17) is 9.47 Å². The van der Waals surface area contributed by atoms with Crippen LogP contribution >= 0.6 is 11.3 Å². The first kappa shape index (κ1) is 17.3. The van der Waals surface area contributed by atoms with Crippen molar-refractivity contribution < 1.29 is 14.3 Å². The van der Waals surface area contributed by atoms with E-state index in [-0.39, 0.29) is 18.7 Å². The van der Waals surface area contributed by atoms with E-state index in [1.54, 1.807) is 0 Å². The molecule has 130 valence electrons. The van der Waals surface area contributed by atoms with Crippen molar-refractivity contribution >= 4 is 27.5 Å². The van der Waals surface area contributed by atoms with Gasteiger partial charge in [0, 0.05) is 11.5 Å². The Morgan fingerprint density at radius 3 is 2.80 bits per heavy atom. The molecule has 0 aliphatic rings. The van der Waals surface area contributed by atoms with Crippen molar-refractivity contribution in [2.45, 2.75) is 13.5 Å². The van der Waals surface area contributed by atoms with Gasteiger partial charge in [-0.25, -0.2) is 4.98 Å². The maximum Gasteiger partial charge on any atom is 0.326 e. The summed E-state index contributed by atoms with van der Waals surface area (Å²) in [6.45, 7) is 2.80. The van der Waals surface area contributed by atoms with E-state index in [9.17, 15) is 9.59 Å². The topological polar surface area (TPSA) is 70.4 Å². The molecule has 25 heavy (non-hydrogen) atoms. The van der Waals surface area contributed by atoms with Crippen LogP contribution in [0.3, 0.4) is 0 Å². The lowest BCUT2D eigenvalue weighted by molar-refractivity contribution is -0.145. The quantitative estimate of drug-likeness (QED) is 0.480. The molecule has 0 spiro atoms. The number of thiophene rings is 1. The fraction of sp³-hybridized carbons (Fsp3) is 0.278. The molecule has 7 heteroatoms. The highest BCUT2D eigenvalue weighted by atomic mass is 32.1. The molecule has 0 aliphatic carbocycles. The van der Waals surface area contributed by atoms with Crippen molar-refractivity contribution in [2.75, 3.05) is 19.8 Å². The number of nitrogens with zero attached hydrogens (tertiary/aromatic N) is 2. The second-order valence-corrected chi connectivity index (χ2v) is 6.32. The average molecular weight is 358 g/mol. The van der Waals surface area contributed by atoms with E-state index < -0.39 is 5.97 Å². The van der Waals surface area contributed by atoms with Crippen molar-refractivity contribution in [1.29, 1.82) is 0 Å². The number of hydrogen-bond donors (Lipinski definition) is 0. The fourth-order valence-electron chi connectivity index (χ4n) is 2.36. The number of benzene rings is 1. The lowest BCUT2D eigenvalue weighted by Gasteiger charge is -2.06. The van der Waals surface area contributed by atoms with Gasteiger partial charge in [-0.1, -0.05) is 30.3 Å². The van der Waals surface area contributed by atoms with Crippen LogP contribution in [0.25, 0.3) is 20.7 Å². The van der Waals surface area contributed by atoms with Gasteiger partial charge in [-0.3, -0.25) is 14.2 Å². The molecule has 3 rings (SSSR count). The SMILES string of the molecule is CCOCCOC(=O)Cn1cnc2sc(-c3ccccc3)cc2c1=O. The van der Waals surface area contributed by atoms with Gasteiger partial charge < -0.3 is 9.47 Å². The molecule has 0 bridgehead atoms. The number of rotatable bonds is 7. The molecule has 0 N–H and O–H groups in total. The highest BCUT2D eigenvalue weighted by molar-refractivity contribution is 7.21. The molecule has 0 fully saturated rings. The summed E-state index contributed by atoms with van der Waals surface area (Å²) in [6.07, 6.45) is 1.39. The lowest BCUT2D eigenvalue weighted by Crippen LogP contribution is -2.26. The largest absolute Gasteiger partial charge is 0.462 e. The minimum Gasteiger partial charge on any atom is -0.462 e. The Morgan fingerprint density at radius 2 is 2.04 bits per heavy atom. The molecule has 2 aromatic heterocycles. The predicted molar refractivity (Wildman–Crippen MR) is 96.8 cm³/mol. The fourth-order valence-corrected chi connectivity index (χ4v) is 3.36. The highest BCUT2D eigenvalue weighted by Gasteiger charge is 2.12. The van der Waals surface area contributed by atoms with Gasteiger partial charge in [0.1, 0.15) is 18.0 Å². The first-order valence-electron chi connectivity index (χ1n) is 7.97. The molecule has 2 heterocycles. The van der Waals surface area contributed by atoms with Crippen LogP contribution in [0.4, 0.5) is 0 Å². The molecule has 0 unspecified atom stereocenters. The molecule has 6 nitrogen and oxygen atoms in total. The standard InChI is InChI=1S/C18H18N2O4S/c1-2-23-8-9-24-16(21)11-20-12-19-17-14(18(20)22)10-15(25-17)13-6-4-3-5-7-13/h3-7,10,12H,2,8-9,11H2,1H3. The second-order valence-electron chi connectivity index (χ2n) is 5.29. The third-order valence-corrected chi connectivity index (χ3v) is 4.66. The number of fused-ring (bicyclic) bond motifs is 1. The van der Waals surface area contributed by atoms with E-state index in [2.05, 4.69) is 4.98 Å². The molecule has 0 saturated heterocycles. The number of aromatic nitrogens is 2. The van der Waals surface area contributed by atoms with Gasteiger partial charge >= 0.3 is 5.97 Å². The van der Waals surface area contributed by atoms with E-state index in [1.807, 2.05) is 43.3 Å². The zero-order valence-electron chi connectivity index (χ0n) is 13.8. The normalized spacial score (nSPS) is 10.9. The van der Waals surface area contributed by atoms with Crippen molar-refractivity contribution in [2.24, 2.45) is 0 Å². The molecule has 0 amide bonds. The minimum absolute atomic E-state index is 0.162. The molecule has 3 aromatic rings. The van der Waals surface area contributed by atoms with Crippen LogP contribution in [0.5, 0.6) is 0 Å². The third-order valence-electron chi connectivity index (χ3n) is 3.57. The van der Waals surface area contributed by atoms with Gasteiger partial charge in [0.25, 0.3) is 5.56 Å². The van der Waals surface area contributed by atoms with Crippen molar-refractivity contribution in [3.63, 3.8) is 0 Å². The van der Waals surface area contributed by atoms with E-state index in [1.165, 1.54) is 22.2 Å². The van der Waals surface area contributed by atoms with Gasteiger partial charge in [-0.2, -0.15) is 0 Å².